The minimum atomic E-state index is 0.299. The number of rotatable bonds is 4. The van der Waals surface area contributed by atoms with Crippen molar-refractivity contribution in [2.24, 2.45) is 0 Å². The van der Waals surface area contributed by atoms with Crippen LogP contribution in [0.1, 0.15) is 25.5 Å². The van der Waals surface area contributed by atoms with Crippen molar-refractivity contribution in [1.29, 1.82) is 0 Å². The molecule has 0 amide bonds. The van der Waals surface area contributed by atoms with Crippen LogP contribution in [0.4, 0.5) is 17.5 Å². The van der Waals surface area contributed by atoms with Crippen LogP contribution in [-0.4, -0.2) is 62.6 Å². The van der Waals surface area contributed by atoms with Gasteiger partial charge in [0.15, 0.2) is 0 Å². The first-order valence-corrected chi connectivity index (χ1v) is 10.8. The summed E-state index contributed by atoms with van der Waals surface area (Å²) >= 11 is 0. The Morgan fingerprint density at radius 1 is 1.00 bits per heavy atom. The van der Waals surface area contributed by atoms with Crippen LogP contribution in [0.15, 0.2) is 36.9 Å². The number of nitrogens with zero attached hydrogens (tertiary/aromatic N) is 7. The fourth-order valence-electron chi connectivity index (χ4n) is 4.17. The van der Waals surface area contributed by atoms with Gasteiger partial charge in [-0.2, -0.15) is 0 Å². The van der Waals surface area contributed by atoms with E-state index in [-0.39, 0.29) is 0 Å². The zero-order valence-corrected chi connectivity index (χ0v) is 18.5. The summed E-state index contributed by atoms with van der Waals surface area (Å²) in [5, 5.41) is 4.29. The average Bonchev–Trinajstić information content (AvgIpc) is 3.20. The van der Waals surface area contributed by atoms with Crippen molar-refractivity contribution < 1.29 is 0 Å². The smallest absolute Gasteiger partial charge is 0.228 e. The Morgan fingerprint density at radius 2 is 1.81 bits per heavy atom. The van der Waals surface area contributed by atoms with Gasteiger partial charge in [0.2, 0.25) is 5.95 Å². The van der Waals surface area contributed by atoms with Gasteiger partial charge in [-0.05, 0) is 51.6 Å². The van der Waals surface area contributed by atoms with Gasteiger partial charge >= 0.3 is 0 Å². The SMILES string of the molecule is Cc1cc(Nc2ncc3ccc4ncn(C(C)C)c4c3n2)ncc1N1CCN(C)CC1. The Bertz CT molecular complexity index is 1240. The molecule has 1 aliphatic rings. The minimum absolute atomic E-state index is 0.299. The summed E-state index contributed by atoms with van der Waals surface area (Å²) in [5.74, 6) is 1.29. The summed E-state index contributed by atoms with van der Waals surface area (Å²) in [6, 6.07) is 6.41. The second-order valence-corrected chi connectivity index (χ2v) is 8.58. The van der Waals surface area contributed by atoms with Crippen LogP contribution in [0.3, 0.4) is 0 Å². The molecule has 0 aliphatic carbocycles. The number of hydrogen-bond donors (Lipinski definition) is 1. The van der Waals surface area contributed by atoms with Crippen molar-refractivity contribution in [3.8, 4) is 0 Å². The lowest BCUT2D eigenvalue weighted by Gasteiger charge is -2.34. The molecule has 1 N–H and O–H groups in total. The molecule has 0 spiro atoms. The maximum Gasteiger partial charge on any atom is 0.228 e. The highest BCUT2D eigenvalue weighted by atomic mass is 15.3. The van der Waals surface area contributed by atoms with E-state index >= 15 is 0 Å². The number of imidazole rings is 1. The lowest BCUT2D eigenvalue weighted by molar-refractivity contribution is 0.312. The van der Waals surface area contributed by atoms with Crippen LogP contribution < -0.4 is 10.2 Å². The van der Waals surface area contributed by atoms with E-state index in [4.69, 9.17) is 4.98 Å². The highest BCUT2D eigenvalue weighted by Crippen LogP contribution is 2.27. The highest BCUT2D eigenvalue weighted by Gasteiger charge is 2.17. The van der Waals surface area contributed by atoms with E-state index in [1.54, 1.807) is 0 Å². The molecule has 8 nitrogen and oxygen atoms in total. The third-order valence-corrected chi connectivity index (χ3v) is 6.01. The Labute approximate surface area is 181 Å². The maximum atomic E-state index is 4.83. The summed E-state index contributed by atoms with van der Waals surface area (Å²) < 4.78 is 2.15. The first-order valence-electron chi connectivity index (χ1n) is 10.8. The third-order valence-electron chi connectivity index (χ3n) is 6.01. The number of aryl methyl sites for hydroxylation is 1. The third kappa shape index (κ3) is 3.67. The molecule has 0 atom stereocenters. The van der Waals surface area contributed by atoms with Crippen molar-refractivity contribution in [3.63, 3.8) is 0 Å². The Morgan fingerprint density at radius 3 is 2.55 bits per heavy atom. The average molecular weight is 417 g/mol. The zero-order chi connectivity index (χ0) is 21.5. The van der Waals surface area contributed by atoms with Crippen molar-refractivity contribution in [3.05, 3.63) is 42.5 Å². The number of nitrogens with one attached hydrogen (secondary N) is 1. The molecule has 0 bridgehead atoms. The summed E-state index contributed by atoms with van der Waals surface area (Å²) in [6.45, 7) is 10.6. The van der Waals surface area contributed by atoms with Crippen LogP contribution in [-0.2, 0) is 0 Å². The topological polar surface area (TPSA) is 75.0 Å². The van der Waals surface area contributed by atoms with Gasteiger partial charge in [-0.1, -0.05) is 0 Å². The van der Waals surface area contributed by atoms with E-state index in [9.17, 15) is 0 Å². The minimum Gasteiger partial charge on any atom is -0.368 e. The van der Waals surface area contributed by atoms with Gasteiger partial charge in [-0.15, -0.1) is 0 Å². The highest BCUT2D eigenvalue weighted by molar-refractivity contribution is 6.02. The van der Waals surface area contributed by atoms with Crippen molar-refractivity contribution in [1.82, 2.24) is 29.4 Å². The first kappa shape index (κ1) is 19.7. The molecule has 0 saturated carbocycles. The molecule has 3 aromatic heterocycles. The Kier molecular flexibility index (Phi) is 4.94. The van der Waals surface area contributed by atoms with Crippen molar-refractivity contribution in [2.75, 3.05) is 43.4 Å². The van der Waals surface area contributed by atoms with Crippen LogP contribution >= 0.6 is 0 Å². The summed E-state index contributed by atoms with van der Waals surface area (Å²) in [4.78, 5) is 23.3. The van der Waals surface area contributed by atoms with Crippen molar-refractivity contribution in [2.45, 2.75) is 26.8 Å². The number of aromatic nitrogens is 5. The monoisotopic (exact) mass is 416 g/mol. The first-order chi connectivity index (χ1) is 15.0. The zero-order valence-electron chi connectivity index (χ0n) is 18.5. The molecule has 1 aliphatic heterocycles. The van der Waals surface area contributed by atoms with E-state index < -0.39 is 0 Å². The van der Waals surface area contributed by atoms with E-state index in [1.165, 1.54) is 11.3 Å². The van der Waals surface area contributed by atoms with Crippen molar-refractivity contribution >= 4 is 39.4 Å². The van der Waals surface area contributed by atoms with E-state index in [2.05, 4.69) is 68.5 Å². The number of pyridine rings is 1. The lowest BCUT2D eigenvalue weighted by atomic mass is 10.2. The fourth-order valence-corrected chi connectivity index (χ4v) is 4.17. The summed E-state index contributed by atoms with van der Waals surface area (Å²) in [5.41, 5.74) is 5.26. The van der Waals surface area contributed by atoms with Crippen LogP contribution in [0.25, 0.3) is 21.9 Å². The van der Waals surface area contributed by atoms with Gasteiger partial charge in [-0.25, -0.2) is 19.9 Å². The number of benzene rings is 1. The molecule has 160 valence electrons. The molecule has 8 heteroatoms. The van der Waals surface area contributed by atoms with Gasteiger partial charge in [0.05, 0.1) is 29.2 Å². The molecule has 1 saturated heterocycles. The van der Waals surface area contributed by atoms with Crippen LogP contribution in [0.5, 0.6) is 0 Å². The summed E-state index contributed by atoms with van der Waals surface area (Å²) in [6.07, 6.45) is 5.69. The molecular weight excluding hydrogens is 388 g/mol. The van der Waals surface area contributed by atoms with E-state index in [0.717, 1.165) is 53.9 Å². The normalized spacial score (nSPS) is 15.3. The molecule has 1 fully saturated rings. The molecule has 0 unspecified atom stereocenters. The van der Waals surface area contributed by atoms with E-state index in [0.29, 0.717) is 12.0 Å². The quantitative estimate of drug-likeness (QED) is 0.543. The van der Waals surface area contributed by atoms with Gasteiger partial charge in [-0.3, -0.25) is 0 Å². The molecule has 5 rings (SSSR count). The van der Waals surface area contributed by atoms with Gasteiger partial charge in [0.25, 0.3) is 0 Å². The molecule has 1 aromatic carbocycles. The molecule has 4 heterocycles. The number of likely N-dealkylation sites (N-methyl/N-ethyl adjacent to an activating group) is 1. The van der Waals surface area contributed by atoms with E-state index in [1.807, 2.05) is 30.9 Å². The van der Waals surface area contributed by atoms with Crippen LogP contribution in [0.2, 0.25) is 0 Å². The predicted octanol–water partition coefficient (Wildman–Crippen LogP) is 3.76. The second-order valence-electron chi connectivity index (χ2n) is 8.58. The lowest BCUT2D eigenvalue weighted by Crippen LogP contribution is -2.44. The maximum absolute atomic E-state index is 4.83. The standard InChI is InChI=1S/C23H28N8/c1-15(2)31-14-26-18-6-5-17-12-25-23(28-21(17)22(18)31)27-20-11-16(3)19(13-24-20)30-9-7-29(4)8-10-30/h5-6,11-15H,7-10H2,1-4H3,(H,24,25,27,28). The molecule has 31 heavy (non-hydrogen) atoms. The number of anilines is 3. The van der Waals surface area contributed by atoms with Gasteiger partial charge in [0.1, 0.15) is 11.3 Å². The fraction of sp³-hybridized carbons (Fsp3) is 0.391. The Balaban J connectivity index is 1.46. The number of hydrogen-bond acceptors (Lipinski definition) is 7. The Hall–Kier alpha value is -3.26. The van der Waals surface area contributed by atoms with Gasteiger partial charge in [0, 0.05) is 43.8 Å². The predicted molar refractivity (Wildman–Crippen MR) is 125 cm³/mol. The molecule has 0 radical (unpaired) electrons. The molecular formula is C23H28N8. The number of piperazine rings is 1. The second kappa shape index (κ2) is 7.77. The summed E-state index contributed by atoms with van der Waals surface area (Å²) in [7, 11) is 2.17. The number of fused-ring (bicyclic) bond motifs is 3. The molecule has 4 aromatic rings. The largest absolute Gasteiger partial charge is 0.368 e. The van der Waals surface area contributed by atoms with Gasteiger partial charge < -0.3 is 19.7 Å². The van der Waals surface area contributed by atoms with Crippen LogP contribution in [0, 0.1) is 6.92 Å².